The molecule has 1 saturated heterocycles. The summed E-state index contributed by atoms with van der Waals surface area (Å²) >= 11 is 0. The fourth-order valence-corrected chi connectivity index (χ4v) is 3.14. The van der Waals surface area contributed by atoms with E-state index in [0.29, 0.717) is 13.1 Å². The number of hydrogen-bond acceptors (Lipinski definition) is 3. The maximum absolute atomic E-state index is 13.7. The van der Waals surface area contributed by atoms with E-state index in [0.717, 1.165) is 18.4 Å². The quantitative estimate of drug-likeness (QED) is 0.865. The van der Waals surface area contributed by atoms with Crippen molar-refractivity contribution >= 4 is 5.91 Å². The molecule has 0 bridgehead atoms. The summed E-state index contributed by atoms with van der Waals surface area (Å²) in [5.74, 6) is -0.160. The highest BCUT2D eigenvalue weighted by molar-refractivity contribution is 5.81. The Balaban J connectivity index is 1.64. The second-order valence-electron chi connectivity index (χ2n) is 6.26. The van der Waals surface area contributed by atoms with Crippen LogP contribution in [0, 0.1) is 5.82 Å². The lowest BCUT2D eigenvalue weighted by atomic mass is 9.92. The number of hydrogen-bond donors (Lipinski definition) is 0. The Kier molecular flexibility index (Phi) is 4.83. The molecule has 3 rings (SSSR count). The smallest absolute Gasteiger partial charge is 0.263 e. The van der Waals surface area contributed by atoms with Crippen LogP contribution in [0.3, 0.4) is 0 Å². The van der Waals surface area contributed by atoms with Gasteiger partial charge in [-0.1, -0.05) is 12.1 Å². The van der Waals surface area contributed by atoms with Crippen LogP contribution in [0.15, 0.2) is 36.7 Å². The van der Waals surface area contributed by atoms with Gasteiger partial charge in [0.05, 0.1) is 6.20 Å². The molecule has 5 nitrogen and oxygen atoms in total. The Morgan fingerprint density at radius 1 is 1.42 bits per heavy atom. The van der Waals surface area contributed by atoms with E-state index < -0.39 is 11.9 Å². The zero-order valence-electron chi connectivity index (χ0n) is 14.0. The summed E-state index contributed by atoms with van der Waals surface area (Å²) in [6.45, 7) is 3.03. The Hall–Kier alpha value is -2.37. The topological polar surface area (TPSA) is 47.4 Å². The Morgan fingerprint density at radius 2 is 2.21 bits per heavy atom. The SMILES string of the molecule is CC(Oc1ccccc1F)C(=O)N1CCCC(c2cnn(C)c2)C1. The molecule has 0 N–H and O–H groups in total. The number of benzene rings is 1. The second kappa shape index (κ2) is 7.03. The molecule has 1 aromatic heterocycles. The van der Waals surface area contributed by atoms with E-state index in [9.17, 15) is 9.18 Å². The predicted molar refractivity (Wildman–Crippen MR) is 88.3 cm³/mol. The highest BCUT2D eigenvalue weighted by atomic mass is 19.1. The van der Waals surface area contributed by atoms with Crippen LogP contribution in [-0.4, -0.2) is 39.8 Å². The molecular weight excluding hydrogens is 309 g/mol. The number of piperidine rings is 1. The van der Waals surface area contributed by atoms with Crippen molar-refractivity contribution in [2.24, 2.45) is 7.05 Å². The van der Waals surface area contributed by atoms with Gasteiger partial charge in [0.2, 0.25) is 0 Å². The van der Waals surface area contributed by atoms with Crippen molar-refractivity contribution in [1.82, 2.24) is 14.7 Å². The van der Waals surface area contributed by atoms with Crippen molar-refractivity contribution < 1.29 is 13.9 Å². The molecule has 2 heterocycles. The minimum absolute atomic E-state index is 0.105. The lowest BCUT2D eigenvalue weighted by Gasteiger charge is -2.34. The van der Waals surface area contributed by atoms with Gasteiger partial charge in [0.25, 0.3) is 5.91 Å². The Bertz CT molecular complexity index is 716. The molecule has 128 valence electrons. The Morgan fingerprint density at radius 3 is 2.92 bits per heavy atom. The maximum Gasteiger partial charge on any atom is 0.263 e. The van der Waals surface area contributed by atoms with E-state index in [-0.39, 0.29) is 17.6 Å². The molecule has 1 aromatic carbocycles. The summed E-state index contributed by atoms with van der Waals surface area (Å²) < 4.78 is 21.0. The molecule has 1 aliphatic rings. The van der Waals surface area contributed by atoms with Gasteiger partial charge in [0.1, 0.15) is 0 Å². The van der Waals surface area contributed by atoms with Crippen molar-refractivity contribution in [2.45, 2.75) is 31.8 Å². The standard InChI is InChI=1S/C18H22FN3O2/c1-13(24-17-8-4-3-7-16(17)19)18(23)22-9-5-6-14(12-22)15-10-20-21(2)11-15/h3-4,7-8,10-11,13-14H,5-6,9,12H2,1-2H3. The third kappa shape index (κ3) is 3.58. The number of ether oxygens (including phenoxy) is 1. The fraction of sp³-hybridized carbons (Fsp3) is 0.444. The van der Waals surface area contributed by atoms with E-state index in [1.165, 1.54) is 12.1 Å². The number of likely N-dealkylation sites (tertiary alicyclic amines) is 1. The van der Waals surface area contributed by atoms with Gasteiger partial charge in [-0.2, -0.15) is 5.10 Å². The van der Waals surface area contributed by atoms with Crippen LogP contribution in [0.4, 0.5) is 4.39 Å². The number of amides is 1. The molecule has 2 aromatic rings. The first-order valence-electron chi connectivity index (χ1n) is 8.23. The van der Waals surface area contributed by atoms with Gasteiger partial charge in [0, 0.05) is 32.3 Å². The zero-order chi connectivity index (χ0) is 17.1. The van der Waals surface area contributed by atoms with Crippen LogP contribution in [0.5, 0.6) is 5.75 Å². The summed E-state index contributed by atoms with van der Waals surface area (Å²) in [5.41, 5.74) is 1.15. The molecule has 0 spiro atoms. The molecule has 0 radical (unpaired) electrons. The van der Waals surface area contributed by atoms with Gasteiger partial charge < -0.3 is 9.64 Å². The molecule has 6 heteroatoms. The van der Waals surface area contributed by atoms with Gasteiger partial charge in [0.15, 0.2) is 17.7 Å². The van der Waals surface area contributed by atoms with Crippen LogP contribution in [-0.2, 0) is 11.8 Å². The van der Waals surface area contributed by atoms with Crippen molar-refractivity contribution in [3.05, 3.63) is 48.0 Å². The van der Waals surface area contributed by atoms with Gasteiger partial charge in [-0.05, 0) is 37.5 Å². The van der Waals surface area contributed by atoms with Crippen molar-refractivity contribution in [1.29, 1.82) is 0 Å². The predicted octanol–water partition coefficient (Wildman–Crippen LogP) is 2.73. The van der Waals surface area contributed by atoms with Crippen LogP contribution in [0.25, 0.3) is 0 Å². The number of aryl methyl sites for hydroxylation is 1. The third-order valence-corrected chi connectivity index (χ3v) is 4.42. The lowest BCUT2D eigenvalue weighted by molar-refractivity contribution is -0.139. The molecule has 1 aliphatic heterocycles. The number of rotatable bonds is 4. The van der Waals surface area contributed by atoms with Crippen molar-refractivity contribution in [3.63, 3.8) is 0 Å². The zero-order valence-corrected chi connectivity index (χ0v) is 14.0. The fourth-order valence-electron chi connectivity index (χ4n) is 3.14. The van der Waals surface area contributed by atoms with Crippen molar-refractivity contribution in [3.8, 4) is 5.75 Å². The summed E-state index contributed by atoms with van der Waals surface area (Å²) in [5, 5.41) is 4.21. The monoisotopic (exact) mass is 331 g/mol. The minimum Gasteiger partial charge on any atom is -0.478 e. The normalized spacial score (nSPS) is 19.1. The summed E-state index contributed by atoms with van der Waals surface area (Å²) in [6, 6.07) is 6.15. The molecule has 0 saturated carbocycles. The molecule has 0 aliphatic carbocycles. The van der Waals surface area contributed by atoms with E-state index in [1.807, 2.05) is 24.3 Å². The summed E-state index contributed by atoms with van der Waals surface area (Å²) in [4.78, 5) is 14.5. The molecular formula is C18H22FN3O2. The van der Waals surface area contributed by atoms with Crippen LogP contribution < -0.4 is 4.74 Å². The largest absolute Gasteiger partial charge is 0.478 e. The average molecular weight is 331 g/mol. The molecule has 24 heavy (non-hydrogen) atoms. The molecule has 1 fully saturated rings. The van der Waals surface area contributed by atoms with Gasteiger partial charge >= 0.3 is 0 Å². The van der Waals surface area contributed by atoms with E-state index >= 15 is 0 Å². The van der Waals surface area contributed by atoms with E-state index in [4.69, 9.17) is 4.74 Å². The number of aromatic nitrogens is 2. The van der Waals surface area contributed by atoms with E-state index in [2.05, 4.69) is 5.10 Å². The first-order valence-corrected chi connectivity index (χ1v) is 8.23. The molecule has 2 atom stereocenters. The first kappa shape index (κ1) is 16.5. The van der Waals surface area contributed by atoms with Crippen LogP contribution in [0.2, 0.25) is 0 Å². The number of carbonyl (C=O) groups is 1. The highest BCUT2D eigenvalue weighted by Crippen LogP contribution is 2.27. The van der Waals surface area contributed by atoms with Crippen LogP contribution >= 0.6 is 0 Å². The highest BCUT2D eigenvalue weighted by Gasteiger charge is 2.29. The Labute approximate surface area is 141 Å². The number of nitrogens with zero attached hydrogens (tertiary/aromatic N) is 3. The third-order valence-electron chi connectivity index (χ3n) is 4.42. The molecule has 2 unspecified atom stereocenters. The van der Waals surface area contributed by atoms with Crippen LogP contribution in [0.1, 0.15) is 31.2 Å². The van der Waals surface area contributed by atoms with Gasteiger partial charge in [-0.25, -0.2) is 4.39 Å². The summed E-state index contributed by atoms with van der Waals surface area (Å²) in [6.07, 6.45) is 5.13. The number of halogens is 1. The number of para-hydroxylation sites is 1. The molecule has 1 amide bonds. The van der Waals surface area contributed by atoms with Gasteiger partial charge in [-0.15, -0.1) is 0 Å². The van der Waals surface area contributed by atoms with Gasteiger partial charge in [-0.3, -0.25) is 9.48 Å². The summed E-state index contributed by atoms with van der Waals surface area (Å²) in [7, 11) is 1.89. The maximum atomic E-state index is 13.7. The average Bonchev–Trinajstić information content (AvgIpc) is 3.03. The lowest BCUT2D eigenvalue weighted by Crippen LogP contribution is -2.45. The number of carbonyl (C=O) groups excluding carboxylic acids is 1. The minimum atomic E-state index is -0.713. The van der Waals surface area contributed by atoms with Crippen molar-refractivity contribution in [2.75, 3.05) is 13.1 Å². The first-order chi connectivity index (χ1) is 11.5. The van der Waals surface area contributed by atoms with E-state index in [1.54, 1.807) is 23.7 Å². The second-order valence-corrected chi connectivity index (χ2v) is 6.26.